The van der Waals surface area contributed by atoms with E-state index in [1.807, 2.05) is 31.7 Å². The van der Waals surface area contributed by atoms with Crippen LogP contribution in [-0.2, 0) is 17.1 Å². The summed E-state index contributed by atoms with van der Waals surface area (Å²) in [4.78, 5) is 6.63. The third-order valence-corrected chi connectivity index (χ3v) is 7.06. The number of hydrogen-bond acceptors (Lipinski definition) is 5. The Balaban J connectivity index is 0.00000192. The van der Waals surface area contributed by atoms with E-state index in [0.29, 0.717) is 24.5 Å². The van der Waals surface area contributed by atoms with Crippen molar-refractivity contribution in [1.29, 1.82) is 0 Å². The summed E-state index contributed by atoms with van der Waals surface area (Å²) in [5.41, 5.74) is 0. The van der Waals surface area contributed by atoms with Crippen LogP contribution in [0.2, 0.25) is 0 Å². The molecule has 9 heteroatoms. The zero-order valence-corrected chi connectivity index (χ0v) is 15.8. The highest BCUT2D eigenvalue weighted by Crippen LogP contribution is 2.32. The molecule has 1 atom stereocenters. The van der Waals surface area contributed by atoms with Crippen molar-refractivity contribution >= 4 is 33.8 Å². The highest BCUT2D eigenvalue weighted by atomic mass is 35.5. The largest absolute Gasteiger partial charge is 0.337 e. The summed E-state index contributed by atoms with van der Waals surface area (Å²) in [7, 11) is -1.62. The maximum atomic E-state index is 13.1. The zero-order chi connectivity index (χ0) is 15.9. The highest BCUT2D eigenvalue weighted by molar-refractivity contribution is 7.89. The van der Waals surface area contributed by atoms with Crippen LogP contribution in [0.3, 0.4) is 0 Å². The van der Waals surface area contributed by atoms with Gasteiger partial charge in [-0.15, -0.1) is 23.7 Å². The van der Waals surface area contributed by atoms with Crippen molar-refractivity contribution in [2.75, 3.05) is 19.6 Å². The van der Waals surface area contributed by atoms with Gasteiger partial charge in [-0.1, -0.05) is 0 Å². The van der Waals surface area contributed by atoms with Crippen LogP contribution >= 0.6 is 23.7 Å². The number of nitrogens with one attached hydrogen (secondary N) is 1. The summed E-state index contributed by atoms with van der Waals surface area (Å²) in [6.07, 6.45) is 3.55. The van der Waals surface area contributed by atoms with Gasteiger partial charge in [-0.05, 0) is 19.9 Å². The standard InChI is InChI=1S/C14H20N4O2S2.ClH/c1-10-8-13(11(2)21-10)22(19,20)18-7-4-15-9-12(18)14-16-5-6-17(14)3;/h5-6,8,12,15H,4,7,9H2,1-3H3;1H. The first-order chi connectivity index (χ1) is 10.4. The molecule has 1 aliphatic rings. The van der Waals surface area contributed by atoms with E-state index in [0.717, 1.165) is 15.6 Å². The summed E-state index contributed by atoms with van der Waals surface area (Å²) in [5, 5.41) is 3.27. The van der Waals surface area contributed by atoms with E-state index in [1.54, 1.807) is 16.6 Å². The lowest BCUT2D eigenvalue weighted by Crippen LogP contribution is -2.49. The molecule has 0 radical (unpaired) electrons. The van der Waals surface area contributed by atoms with Crippen molar-refractivity contribution in [2.45, 2.75) is 24.8 Å². The second-order valence-corrected chi connectivity index (χ2v) is 8.83. The predicted octanol–water partition coefficient (Wildman–Crippen LogP) is 1.86. The molecule has 1 unspecified atom stereocenters. The van der Waals surface area contributed by atoms with Gasteiger partial charge in [0.25, 0.3) is 0 Å². The van der Waals surface area contributed by atoms with Gasteiger partial charge in [0, 0.05) is 48.8 Å². The van der Waals surface area contributed by atoms with Crippen molar-refractivity contribution in [2.24, 2.45) is 7.05 Å². The molecular formula is C14H21ClN4O2S2. The fourth-order valence-corrected chi connectivity index (χ4v) is 5.99. The summed E-state index contributed by atoms with van der Waals surface area (Å²) in [6, 6.07) is 1.49. The Hall–Kier alpha value is -0.930. The number of aryl methyl sites for hydroxylation is 3. The lowest BCUT2D eigenvalue weighted by atomic mass is 10.2. The Morgan fingerprint density at radius 1 is 1.39 bits per heavy atom. The topological polar surface area (TPSA) is 67.2 Å². The van der Waals surface area contributed by atoms with Crippen LogP contribution in [0.1, 0.15) is 21.6 Å². The Bertz CT molecular complexity index is 785. The normalized spacial score (nSPS) is 19.5. The number of piperazine rings is 1. The molecule has 0 bridgehead atoms. The third kappa shape index (κ3) is 3.32. The first-order valence-electron chi connectivity index (χ1n) is 7.18. The van der Waals surface area contributed by atoms with Crippen LogP contribution in [0.5, 0.6) is 0 Å². The van der Waals surface area contributed by atoms with Gasteiger partial charge in [-0.3, -0.25) is 0 Å². The number of nitrogens with zero attached hydrogens (tertiary/aromatic N) is 3. The van der Waals surface area contributed by atoms with Crippen molar-refractivity contribution < 1.29 is 8.42 Å². The van der Waals surface area contributed by atoms with E-state index in [-0.39, 0.29) is 18.4 Å². The number of halogens is 1. The monoisotopic (exact) mass is 376 g/mol. The van der Waals surface area contributed by atoms with Gasteiger partial charge < -0.3 is 9.88 Å². The summed E-state index contributed by atoms with van der Waals surface area (Å²) in [5.74, 6) is 0.764. The molecule has 0 aliphatic carbocycles. The fraction of sp³-hybridized carbons (Fsp3) is 0.500. The van der Waals surface area contributed by atoms with Gasteiger partial charge in [-0.2, -0.15) is 4.31 Å². The number of hydrogen-bond donors (Lipinski definition) is 1. The lowest BCUT2D eigenvalue weighted by molar-refractivity contribution is 0.258. The SMILES string of the molecule is Cc1cc(S(=O)(=O)N2CCNCC2c2nccn2C)c(C)s1.Cl. The van der Waals surface area contributed by atoms with E-state index in [2.05, 4.69) is 10.3 Å². The van der Waals surface area contributed by atoms with Gasteiger partial charge in [0.05, 0.1) is 10.9 Å². The van der Waals surface area contributed by atoms with Crippen molar-refractivity contribution in [3.8, 4) is 0 Å². The van der Waals surface area contributed by atoms with Gasteiger partial charge in [0.15, 0.2) is 0 Å². The summed E-state index contributed by atoms with van der Waals surface area (Å²) >= 11 is 1.52. The molecule has 0 saturated carbocycles. The molecule has 0 spiro atoms. The Kier molecular flexibility index (Phi) is 5.52. The minimum absolute atomic E-state index is 0. The molecule has 2 aromatic heterocycles. The van der Waals surface area contributed by atoms with E-state index >= 15 is 0 Å². The minimum Gasteiger partial charge on any atom is -0.337 e. The molecule has 2 aromatic rings. The Morgan fingerprint density at radius 3 is 2.70 bits per heavy atom. The molecule has 3 heterocycles. The molecule has 3 rings (SSSR count). The molecule has 1 fully saturated rings. The average Bonchev–Trinajstić information content (AvgIpc) is 3.04. The van der Waals surface area contributed by atoms with E-state index in [4.69, 9.17) is 0 Å². The van der Waals surface area contributed by atoms with Gasteiger partial charge in [-0.25, -0.2) is 13.4 Å². The van der Waals surface area contributed by atoms with Gasteiger partial charge in [0.2, 0.25) is 10.0 Å². The van der Waals surface area contributed by atoms with Crippen molar-refractivity contribution in [1.82, 2.24) is 19.2 Å². The van der Waals surface area contributed by atoms with Crippen molar-refractivity contribution in [3.63, 3.8) is 0 Å². The van der Waals surface area contributed by atoms with E-state index in [9.17, 15) is 8.42 Å². The second-order valence-electron chi connectivity index (χ2n) is 5.51. The number of imidazole rings is 1. The van der Waals surface area contributed by atoms with Crippen LogP contribution in [0.15, 0.2) is 23.4 Å². The van der Waals surface area contributed by atoms with Crippen LogP contribution in [-0.4, -0.2) is 41.9 Å². The molecule has 128 valence electrons. The first kappa shape index (κ1) is 18.4. The quantitative estimate of drug-likeness (QED) is 0.887. The maximum Gasteiger partial charge on any atom is 0.244 e. The third-order valence-electron chi connectivity index (χ3n) is 3.93. The number of thiophene rings is 1. The molecule has 23 heavy (non-hydrogen) atoms. The molecule has 6 nitrogen and oxygen atoms in total. The summed E-state index contributed by atoms with van der Waals surface area (Å²) < 4.78 is 29.7. The fourth-order valence-electron chi connectivity index (χ4n) is 2.88. The number of aromatic nitrogens is 2. The Morgan fingerprint density at radius 2 is 2.13 bits per heavy atom. The minimum atomic E-state index is -3.51. The number of sulfonamides is 1. The molecule has 1 aliphatic heterocycles. The molecular weight excluding hydrogens is 356 g/mol. The van der Waals surface area contributed by atoms with E-state index in [1.165, 1.54) is 11.3 Å². The second kappa shape index (κ2) is 6.90. The highest BCUT2D eigenvalue weighted by Gasteiger charge is 2.37. The predicted molar refractivity (Wildman–Crippen MR) is 93.8 cm³/mol. The zero-order valence-electron chi connectivity index (χ0n) is 13.3. The molecule has 0 aromatic carbocycles. The van der Waals surface area contributed by atoms with E-state index < -0.39 is 10.0 Å². The molecule has 0 amide bonds. The van der Waals surface area contributed by atoms with Crippen LogP contribution in [0, 0.1) is 13.8 Å². The Labute approximate surface area is 147 Å². The molecule has 1 saturated heterocycles. The van der Waals surface area contributed by atoms with Crippen LogP contribution in [0.4, 0.5) is 0 Å². The van der Waals surface area contributed by atoms with Gasteiger partial charge in [0.1, 0.15) is 5.82 Å². The van der Waals surface area contributed by atoms with Crippen LogP contribution in [0.25, 0.3) is 0 Å². The van der Waals surface area contributed by atoms with Gasteiger partial charge >= 0.3 is 0 Å². The lowest BCUT2D eigenvalue weighted by Gasteiger charge is -2.34. The molecule has 1 N–H and O–H groups in total. The summed E-state index contributed by atoms with van der Waals surface area (Å²) in [6.45, 7) is 5.48. The average molecular weight is 377 g/mol. The maximum absolute atomic E-state index is 13.1. The smallest absolute Gasteiger partial charge is 0.244 e. The number of rotatable bonds is 3. The van der Waals surface area contributed by atoms with Crippen molar-refractivity contribution in [3.05, 3.63) is 34.0 Å². The first-order valence-corrected chi connectivity index (χ1v) is 9.43. The van der Waals surface area contributed by atoms with Crippen LogP contribution < -0.4 is 5.32 Å².